The Morgan fingerprint density at radius 3 is 2.36 bits per heavy atom. The number of nitrogens with two attached hydrogens (primary N) is 2. The zero-order chi connectivity index (χ0) is 15.9. The van der Waals surface area contributed by atoms with Crippen LogP contribution in [0.15, 0.2) is 30.3 Å². The Bertz CT molecular complexity index is 615. The SMILES string of the molecule is CC[C@@H](Oc1ccccc1)C(=O)OCc1nc(N)nc(N)n1. The van der Waals surface area contributed by atoms with Crippen molar-refractivity contribution in [2.24, 2.45) is 0 Å². The highest BCUT2D eigenvalue weighted by Crippen LogP contribution is 2.13. The summed E-state index contributed by atoms with van der Waals surface area (Å²) in [6.45, 7) is 1.68. The van der Waals surface area contributed by atoms with Crippen molar-refractivity contribution >= 4 is 17.9 Å². The molecule has 1 aromatic heterocycles. The minimum Gasteiger partial charge on any atom is -0.479 e. The molecule has 116 valence electrons. The molecule has 0 bridgehead atoms. The topological polar surface area (TPSA) is 126 Å². The summed E-state index contributed by atoms with van der Waals surface area (Å²) in [5, 5.41) is 0. The normalized spacial score (nSPS) is 11.7. The number of nitrogen functional groups attached to an aromatic ring is 2. The molecular weight excluding hydrogens is 286 g/mol. The summed E-state index contributed by atoms with van der Waals surface area (Å²) in [4.78, 5) is 23.3. The van der Waals surface area contributed by atoms with Crippen molar-refractivity contribution in [3.63, 3.8) is 0 Å². The van der Waals surface area contributed by atoms with Crippen molar-refractivity contribution in [3.05, 3.63) is 36.2 Å². The lowest BCUT2D eigenvalue weighted by atomic mass is 10.2. The zero-order valence-electron chi connectivity index (χ0n) is 12.1. The van der Waals surface area contributed by atoms with Crippen LogP contribution in [0.3, 0.4) is 0 Å². The fraction of sp³-hybridized carbons (Fsp3) is 0.286. The predicted octanol–water partition coefficient (Wildman–Crippen LogP) is 0.937. The van der Waals surface area contributed by atoms with Crippen molar-refractivity contribution in [2.45, 2.75) is 26.1 Å². The number of carbonyl (C=O) groups excluding carboxylic acids is 1. The lowest BCUT2D eigenvalue weighted by molar-refractivity contribution is -0.153. The molecule has 8 heteroatoms. The first-order valence-electron chi connectivity index (χ1n) is 6.72. The fourth-order valence-corrected chi connectivity index (χ4v) is 1.71. The van der Waals surface area contributed by atoms with Gasteiger partial charge < -0.3 is 20.9 Å². The number of hydrogen-bond acceptors (Lipinski definition) is 8. The van der Waals surface area contributed by atoms with Gasteiger partial charge in [-0.3, -0.25) is 0 Å². The molecule has 0 saturated carbocycles. The van der Waals surface area contributed by atoms with E-state index < -0.39 is 12.1 Å². The Morgan fingerprint density at radius 2 is 1.77 bits per heavy atom. The molecule has 0 aliphatic rings. The van der Waals surface area contributed by atoms with Gasteiger partial charge in [0.15, 0.2) is 18.5 Å². The van der Waals surface area contributed by atoms with Gasteiger partial charge in [-0.05, 0) is 18.6 Å². The van der Waals surface area contributed by atoms with Gasteiger partial charge in [-0.25, -0.2) is 4.79 Å². The maximum Gasteiger partial charge on any atom is 0.347 e. The average molecular weight is 303 g/mol. The Labute approximate surface area is 127 Å². The van der Waals surface area contributed by atoms with Crippen LogP contribution in [0.25, 0.3) is 0 Å². The minimum atomic E-state index is -0.709. The molecule has 1 atom stereocenters. The lowest BCUT2D eigenvalue weighted by Crippen LogP contribution is -2.29. The van der Waals surface area contributed by atoms with Gasteiger partial charge in [0.05, 0.1) is 0 Å². The van der Waals surface area contributed by atoms with Gasteiger partial charge in [-0.15, -0.1) is 0 Å². The highest BCUT2D eigenvalue weighted by Gasteiger charge is 2.20. The number of nitrogens with zero attached hydrogens (tertiary/aromatic N) is 3. The van der Waals surface area contributed by atoms with E-state index in [1.54, 1.807) is 12.1 Å². The molecule has 0 aliphatic heterocycles. The Morgan fingerprint density at radius 1 is 1.14 bits per heavy atom. The second-order valence-corrected chi connectivity index (χ2v) is 4.40. The molecule has 0 fully saturated rings. The molecule has 2 rings (SSSR count). The van der Waals surface area contributed by atoms with Gasteiger partial charge in [-0.2, -0.15) is 15.0 Å². The van der Waals surface area contributed by atoms with E-state index >= 15 is 0 Å². The third-order valence-corrected chi connectivity index (χ3v) is 2.72. The van der Waals surface area contributed by atoms with Crippen LogP contribution in [0.5, 0.6) is 5.75 Å². The van der Waals surface area contributed by atoms with Gasteiger partial charge in [0, 0.05) is 0 Å². The summed E-state index contributed by atoms with van der Waals surface area (Å²) in [5.74, 6) is 0.231. The van der Waals surface area contributed by atoms with Gasteiger partial charge in [0.2, 0.25) is 11.9 Å². The monoisotopic (exact) mass is 303 g/mol. The first-order chi connectivity index (χ1) is 10.6. The molecule has 0 aliphatic carbocycles. The zero-order valence-corrected chi connectivity index (χ0v) is 12.1. The highest BCUT2D eigenvalue weighted by molar-refractivity contribution is 5.75. The minimum absolute atomic E-state index is 0.0221. The van der Waals surface area contributed by atoms with E-state index in [-0.39, 0.29) is 24.3 Å². The van der Waals surface area contributed by atoms with Gasteiger partial charge in [0.1, 0.15) is 5.75 Å². The molecule has 22 heavy (non-hydrogen) atoms. The van der Waals surface area contributed by atoms with Crippen LogP contribution in [-0.2, 0) is 16.1 Å². The molecular formula is C14H17N5O3. The molecule has 0 radical (unpaired) electrons. The third kappa shape index (κ3) is 4.30. The Hall–Kier alpha value is -2.90. The molecule has 0 amide bonds. The van der Waals surface area contributed by atoms with E-state index in [9.17, 15) is 4.79 Å². The van der Waals surface area contributed by atoms with E-state index in [1.807, 2.05) is 25.1 Å². The number of ether oxygens (including phenoxy) is 2. The smallest absolute Gasteiger partial charge is 0.347 e. The second-order valence-electron chi connectivity index (χ2n) is 4.40. The quantitative estimate of drug-likeness (QED) is 0.755. The van der Waals surface area contributed by atoms with Crippen molar-refractivity contribution in [3.8, 4) is 5.75 Å². The number of aromatic nitrogens is 3. The molecule has 1 aromatic carbocycles. The van der Waals surface area contributed by atoms with Gasteiger partial charge in [0.25, 0.3) is 0 Å². The third-order valence-electron chi connectivity index (χ3n) is 2.72. The number of carbonyl (C=O) groups is 1. The van der Waals surface area contributed by atoms with Crippen molar-refractivity contribution < 1.29 is 14.3 Å². The fourth-order valence-electron chi connectivity index (χ4n) is 1.71. The summed E-state index contributed by atoms with van der Waals surface area (Å²) in [5.41, 5.74) is 10.9. The summed E-state index contributed by atoms with van der Waals surface area (Å²) in [6.07, 6.45) is -0.242. The second kappa shape index (κ2) is 7.21. The average Bonchev–Trinajstić information content (AvgIpc) is 2.50. The molecule has 1 heterocycles. The number of para-hydroxylation sites is 1. The molecule has 4 N–H and O–H groups in total. The maximum absolute atomic E-state index is 12.0. The number of esters is 1. The van der Waals surface area contributed by atoms with Crippen LogP contribution in [0.1, 0.15) is 19.2 Å². The summed E-state index contributed by atoms with van der Waals surface area (Å²) < 4.78 is 10.7. The van der Waals surface area contributed by atoms with E-state index in [4.69, 9.17) is 20.9 Å². The van der Waals surface area contributed by atoms with Crippen LogP contribution < -0.4 is 16.2 Å². The van der Waals surface area contributed by atoms with E-state index in [0.717, 1.165) is 0 Å². The van der Waals surface area contributed by atoms with Crippen molar-refractivity contribution in [1.29, 1.82) is 0 Å². The van der Waals surface area contributed by atoms with Crippen LogP contribution >= 0.6 is 0 Å². The molecule has 0 spiro atoms. The summed E-state index contributed by atoms with van der Waals surface area (Å²) in [7, 11) is 0. The first kappa shape index (κ1) is 15.5. The molecule has 8 nitrogen and oxygen atoms in total. The number of rotatable bonds is 6. The standard InChI is InChI=1S/C14H17N5O3/c1-2-10(22-9-6-4-3-5-7-9)12(20)21-8-11-17-13(15)19-14(16)18-11/h3-7,10H,2,8H2,1H3,(H4,15,16,17,18,19)/t10-/m1/s1. The van der Waals surface area contributed by atoms with Crippen LogP contribution in [0.2, 0.25) is 0 Å². The Balaban J connectivity index is 1.94. The van der Waals surface area contributed by atoms with Crippen LogP contribution in [0.4, 0.5) is 11.9 Å². The highest BCUT2D eigenvalue weighted by atomic mass is 16.6. The summed E-state index contributed by atoms with van der Waals surface area (Å²) >= 11 is 0. The maximum atomic E-state index is 12.0. The van der Waals surface area contributed by atoms with Crippen molar-refractivity contribution in [2.75, 3.05) is 11.5 Å². The van der Waals surface area contributed by atoms with E-state index in [2.05, 4.69) is 15.0 Å². The number of hydrogen-bond donors (Lipinski definition) is 2. The molecule has 0 saturated heterocycles. The number of anilines is 2. The Kier molecular flexibility index (Phi) is 5.07. The van der Waals surface area contributed by atoms with E-state index in [0.29, 0.717) is 12.2 Å². The predicted molar refractivity (Wildman–Crippen MR) is 79.6 cm³/mol. The first-order valence-corrected chi connectivity index (χ1v) is 6.72. The van der Waals surface area contributed by atoms with Crippen LogP contribution in [-0.4, -0.2) is 27.0 Å². The molecule has 0 unspecified atom stereocenters. The van der Waals surface area contributed by atoms with Crippen LogP contribution in [0, 0.1) is 0 Å². The number of benzene rings is 1. The molecule has 2 aromatic rings. The van der Waals surface area contributed by atoms with Gasteiger partial charge in [-0.1, -0.05) is 25.1 Å². The van der Waals surface area contributed by atoms with E-state index in [1.165, 1.54) is 0 Å². The van der Waals surface area contributed by atoms with Crippen molar-refractivity contribution in [1.82, 2.24) is 15.0 Å². The lowest BCUT2D eigenvalue weighted by Gasteiger charge is -2.16. The van der Waals surface area contributed by atoms with Gasteiger partial charge >= 0.3 is 5.97 Å². The largest absolute Gasteiger partial charge is 0.479 e. The summed E-state index contributed by atoms with van der Waals surface area (Å²) in [6, 6.07) is 9.04.